The van der Waals surface area contributed by atoms with Gasteiger partial charge in [-0.25, -0.2) is 28.0 Å². The molecule has 0 aromatic rings. The number of hydrazine groups is 1. The molecule has 122 valence electrons. The number of carbonyl (C=O) groups is 2. The lowest BCUT2D eigenvalue weighted by Gasteiger charge is -2.55. The van der Waals surface area contributed by atoms with E-state index in [1.807, 2.05) is 0 Å². The Morgan fingerprint density at radius 2 is 1.32 bits per heavy atom. The van der Waals surface area contributed by atoms with Crippen LogP contribution in [0, 0.1) is 11.8 Å². The van der Waals surface area contributed by atoms with Crippen molar-refractivity contribution < 1.29 is 27.5 Å². The van der Waals surface area contributed by atoms with E-state index in [9.17, 15) is 18.0 Å². The number of methoxy groups -OCH3 is 2. The molecule has 0 N–H and O–H groups in total. The third-order valence-corrected chi connectivity index (χ3v) is 6.65. The van der Waals surface area contributed by atoms with Crippen molar-refractivity contribution in [3.8, 4) is 0 Å². The quantitative estimate of drug-likeness (QED) is 0.598. The fourth-order valence-electron chi connectivity index (χ4n) is 4.83. The molecule has 1 unspecified atom stereocenters. The van der Waals surface area contributed by atoms with E-state index in [0.717, 1.165) is 6.42 Å². The second-order valence-electron chi connectivity index (χ2n) is 6.25. The minimum absolute atomic E-state index is 0.0480. The normalized spacial score (nSPS) is 44.0. The number of nitrogens with zero attached hydrogens (tertiary/aromatic N) is 3. The van der Waals surface area contributed by atoms with E-state index in [1.54, 1.807) is 0 Å². The summed E-state index contributed by atoms with van der Waals surface area (Å²) >= 11 is 0. The molecule has 4 fully saturated rings. The SMILES string of the molecule is COC(=O)N1[C@@H]2[C@@H]3C[C@H]([C@@H]2N1C(=O)OC)[C@@H]1[C@H]3N1S(C)(=O)=O. The highest BCUT2D eigenvalue weighted by Crippen LogP contribution is 2.64. The van der Waals surface area contributed by atoms with Gasteiger partial charge >= 0.3 is 12.2 Å². The first kappa shape index (κ1) is 14.1. The lowest BCUT2D eigenvalue weighted by Crippen LogP contribution is -2.76. The van der Waals surface area contributed by atoms with Crippen LogP contribution in [0.4, 0.5) is 9.59 Å². The number of rotatable bonds is 1. The molecular formula is C12H17N3O6S. The van der Waals surface area contributed by atoms with Crippen LogP contribution >= 0.6 is 0 Å². The molecule has 4 aliphatic rings. The van der Waals surface area contributed by atoms with Crippen LogP contribution < -0.4 is 0 Å². The van der Waals surface area contributed by atoms with Crippen LogP contribution in [0.1, 0.15) is 6.42 Å². The van der Waals surface area contributed by atoms with Gasteiger partial charge in [-0.3, -0.25) is 0 Å². The number of carbonyl (C=O) groups excluding carboxylic acids is 2. The van der Waals surface area contributed by atoms with Crippen molar-refractivity contribution in [3.63, 3.8) is 0 Å². The second-order valence-corrected chi connectivity index (χ2v) is 8.14. The molecule has 2 saturated carbocycles. The molecule has 4 rings (SSSR count). The van der Waals surface area contributed by atoms with Gasteiger partial charge in [-0.1, -0.05) is 0 Å². The van der Waals surface area contributed by atoms with Crippen molar-refractivity contribution in [1.29, 1.82) is 0 Å². The number of fused-ring (bicyclic) bond motifs is 8. The number of amides is 2. The van der Waals surface area contributed by atoms with Crippen molar-refractivity contribution in [2.75, 3.05) is 20.5 Å². The summed E-state index contributed by atoms with van der Waals surface area (Å²) in [5.74, 6) is 0.101. The van der Waals surface area contributed by atoms with Crippen molar-refractivity contribution in [2.24, 2.45) is 11.8 Å². The molecule has 9 nitrogen and oxygen atoms in total. The van der Waals surface area contributed by atoms with Gasteiger partial charge in [0, 0.05) is 23.9 Å². The van der Waals surface area contributed by atoms with E-state index >= 15 is 0 Å². The molecule has 2 heterocycles. The topological polar surface area (TPSA) is 96.2 Å². The van der Waals surface area contributed by atoms with Gasteiger partial charge in [0.05, 0.1) is 32.6 Å². The first-order valence-corrected chi connectivity index (χ1v) is 8.90. The minimum Gasteiger partial charge on any atom is -0.452 e. The first-order valence-electron chi connectivity index (χ1n) is 7.05. The van der Waals surface area contributed by atoms with Gasteiger partial charge in [0.1, 0.15) is 0 Å². The summed E-state index contributed by atoms with van der Waals surface area (Å²) in [4.78, 5) is 23.9. The number of sulfonamides is 1. The lowest BCUT2D eigenvalue weighted by atomic mass is 9.86. The van der Waals surface area contributed by atoms with Crippen LogP contribution in [0.2, 0.25) is 0 Å². The number of hydrogen-bond donors (Lipinski definition) is 0. The Bertz CT molecular complexity index is 626. The fraction of sp³-hybridized carbons (Fsp3) is 0.833. The number of piperidine rings is 1. The Morgan fingerprint density at radius 3 is 1.64 bits per heavy atom. The lowest BCUT2D eigenvalue weighted by molar-refractivity contribution is -0.173. The summed E-state index contributed by atoms with van der Waals surface area (Å²) in [6.07, 6.45) is 0.769. The van der Waals surface area contributed by atoms with Gasteiger partial charge in [0.25, 0.3) is 0 Å². The Hall–Kier alpha value is -1.55. The van der Waals surface area contributed by atoms with E-state index in [1.165, 1.54) is 34.8 Å². The molecule has 0 aromatic carbocycles. The monoisotopic (exact) mass is 331 g/mol. The minimum atomic E-state index is -3.26. The van der Waals surface area contributed by atoms with Gasteiger partial charge in [-0.2, -0.15) is 4.31 Å². The van der Waals surface area contributed by atoms with Crippen LogP contribution in [-0.2, 0) is 19.5 Å². The zero-order valence-corrected chi connectivity index (χ0v) is 13.2. The van der Waals surface area contributed by atoms with E-state index in [-0.39, 0.29) is 36.0 Å². The second kappa shape index (κ2) is 4.05. The van der Waals surface area contributed by atoms with Crippen molar-refractivity contribution in [3.05, 3.63) is 0 Å². The molecule has 2 aliphatic carbocycles. The van der Waals surface area contributed by atoms with Gasteiger partial charge in [0.15, 0.2) is 0 Å². The van der Waals surface area contributed by atoms with Crippen LogP contribution in [-0.4, -0.2) is 79.6 Å². The third-order valence-electron chi connectivity index (χ3n) is 5.40. The molecule has 0 spiro atoms. The molecular weight excluding hydrogens is 314 g/mol. The maximum atomic E-state index is 12.0. The summed E-state index contributed by atoms with van der Waals surface area (Å²) in [5.41, 5.74) is 0. The van der Waals surface area contributed by atoms with E-state index < -0.39 is 22.2 Å². The summed E-state index contributed by atoms with van der Waals surface area (Å²) in [6, 6.07) is -0.476. The van der Waals surface area contributed by atoms with E-state index in [2.05, 4.69) is 0 Å². The van der Waals surface area contributed by atoms with Crippen LogP contribution in [0.15, 0.2) is 0 Å². The maximum absolute atomic E-state index is 12.0. The molecule has 2 bridgehead atoms. The smallest absolute Gasteiger partial charge is 0.429 e. The van der Waals surface area contributed by atoms with Crippen molar-refractivity contribution in [2.45, 2.75) is 30.6 Å². The number of hydrogen-bond acceptors (Lipinski definition) is 6. The van der Waals surface area contributed by atoms with Gasteiger partial charge < -0.3 is 9.47 Å². The van der Waals surface area contributed by atoms with E-state index in [0.29, 0.717) is 0 Å². The largest absolute Gasteiger partial charge is 0.452 e. The van der Waals surface area contributed by atoms with Crippen molar-refractivity contribution >= 4 is 22.2 Å². The number of ether oxygens (including phenoxy) is 2. The molecule has 2 aliphatic heterocycles. The average Bonchev–Trinajstić information content (AvgIpc) is 3.02. The predicted molar refractivity (Wildman–Crippen MR) is 71.9 cm³/mol. The average molecular weight is 331 g/mol. The zero-order chi connectivity index (χ0) is 16.0. The molecule has 0 radical (unpaired) electrons. The summed E-state index contributed by atoms with van der Waals surface area (Å²) < 4.78 is 34.6. The van der Waals surface area contributed by atoms with Crippen LogP contribution in [0.25, 0.3) is 0 Å². The van der Waals surface area contributed by atoms with Gasteiger partial charge in [0.2, 0.25) is 10.0 Å². The third kappa shape index (κ3) is 1.44. The van der Waals surface area contributed by atoms with Crippen LogP contribution in [0.3, 0.4) is 0 Å². The molecule has 2 amide bonds. The van der Waals surface area contributed by atoms with Crippen molar-refractivity contribution in [1.82, 2.24) is 14.3 Å². The van der Waals surface area contributed by atoms with E-state index in [4.69, 9.17) is 9.47 Å². The fourth-order valence-corrected chi connectivity index (χ4v) is 6.22. The summed E-state index contributed by atoms with van der Waals surface area (Å²) in [6.45, 7) is 0. The zero-order valence-electron chi connectivity index (χ0n) is 12.4. The van der Waals surface area contributed by atoms with Crippen LogP contribution in [0.5, 0.6) is 0 Å². The molecule has 22 heavy (non-hydrogen) atoms. The standard InChI is InChI=1S/C12H17N3O6S/c1-20-11(16)13-7-5-4-6(8(7)14(13)12(17)21-2)10-9(5)15(10)22(3,18)19/h5-10H,4H2,1-3H3/t5-,6+,7+,8-,9-,10+,15?. The Balaban J connectivity index is 1.66. The Morgan fingerprint density at radius 1 is 0.909 bits per heavy atom. The van der Waals surface area contributed by atoms with Gasteiger partial charge in [-0.05, 0) is 6.42 Å². The molecule has 10 heteroatoms. The summed E-state index contributed by atoms with van der Waals surface area (Å²) in [5, 5.41) is 2.55. The Kier molecular flexibility index (Phi) is 2.59. The Labute approximate surface area is 127 Å². The highest BCUT2D eigenvalue weighted by molar-refractivity contribution is 7.88. The predicted octanol–water partition coefficient (Wildman–Crippen LogP) is -0.549. The molecule has 0 aromatic heterocycles. The molecule has 7 atom stereocenters. The summed E-state index contributed by atoms with van der Waals surface area (Å²) in [7, 11) is -0.754. The highest BCUT2D eigenvalue weighted by atomic mass is 32.2. The highest BCUT2D eigenvalue weighted by Gasteiger charge is 2.80. The first-order chi connectivity index (χ1) is 10.3. The maximum Gasteiger partial charge on any atom is 0.429 e. The molecule has 2 saturated heterocycles. The van der Waals surface area contributed by atoms with Gasteiger partial charge in [-0.15, -0.1) is 0 Å².